The van der Waals surface area contributed by atoms with Gasteiger partial charge in [-0.2, -0.15) is 0 Å². The minimum absolute atomic E-state index is 0.115. The van der Waals surface area contributed by atoms with Crippen LogP contribution < -0.4 is 10.6 Å². The Bertz CT molecular complexity index is 878. The van der Waals surface area contributed by atoms with Crippen LogP contribution in [-0.4, -0.2) is 39.0 Å². The lowest BCUT2D eigenvalue weighted by Gasteiger charge is -2.29. The van der Waals surface area contributed by atoms with Crippen molar-refractivity contribution in [1.82, 2.24) is 14.7 Å². The molecule has 0 aliphatic carbocycles. The van der Waals surface area contributed by atoms with Crippen molar-refractivity contribution in [3.8, 4) is 0 Å². The number of allylic oxidation sites excluding steroid dienone is 3. The van der Waals surface area contributed by atoms with Gasteiger partial charge in [0, 0.05) is 12.6 Å². The summed E-state index contributed by atoms with van der Waals surface area (Å²) in [4.78, 5) is 28.3. The first-order valence-electron chi connectivity index (χ1n) is 10.1. The molecule has 164 valence electrons. The first kappa shape index (κ1) is 25.1. The van der Waals surface area contributed by atoms with E-state index in [9.17, 15) is 14.7 Å². The molecule has 0 aromatic carbocycles. The fourth-order valence-electron chi connectivity index (χ4n) is 2.45. The molecule has 0 spiro atoms. The number of hydrogen-bond acceptors (Lipinski definition) is 4. The number of carbonyl (C=O) groups is 2. The quantitative estimate of drug-likeness (QED) is 0.598. The van der Waals surface area contributed by atoms with Gasteiger partial charge in [-0.3, -0.25) is 14.0 Å². The van der Waals surface area contributed by atoms with E-state index in [0.717, 1.165) is 6.42 Å². The average Bonchev–Trinajstić information content (AvgIpc) is 3.15. The summed E-state index contributed by atoms with van der Waals surface area (Å²) in [5.74, 6) is 0.0798. The van der Waals surface area contributed by atoms with E-state index in [1.54, 1.807) is 41.8 Å². The monoisotopic (exact) mass is 414 g/mol. The number of rotatable bonds is 7. The molecule has 7 nitrogen and oxygen atoms in total. The molecule has 7 heteroatoms. The molecule has 0 aliphatic heterocycles. The molecule has 0 unspecified atom stereocenters. The number of amides is 2. The van der Waals surface area contributed by atoms with Gasteiger partial charge in [-0.25, -0.2) is 4.98 Å². The summed E-state index contributed by atoms with van der Waals surface area (Å²) < 4.78 is 1.66. The molecule has 0 saturated heterocycles. The van der Waals surface area contributed by atoms with Gasteiger partial charge in [0.05, 0.1) is 12.6 Å². The van der Waals surface area contributed by atoms with Gasteiger partial charge in [0.25, 0.3) is 5.91 Å². The third kappa shape index (κ3) is 7.48. The summed E-state index contributed by atoms with van der Waals surface area (Å²) in [6.07, 6.45) is 8.83. The second-order valence-corrected chi connectivity index (χ2v) is 7.81. The second kappa shape index (κ2) is 11.9. The molecular weight excluding hydrogens is 380 g/mol. The highest BCUT2D eigenvalue weighted by atomic mass is 16.3. The van der Waals surface area contributed by atoms with Crippen LogP contribution in [0.5, 0.6) is 0 Å². The van der Waals surface area contributed by atoms with Crippen LogP contribution in [-0.2, 0) is 4.79 Å². The van der Waals surface area contributed by atoms with Crippen LogP contribution >= 0.6 is 0 Å². The van der Waals surface area contributed by atoms with Crippen LogP contribution in [0.2, 0.25) is 0 Å². The lowest BCUT2D eigenvalue weighted by molar-refractivity contribution is -0.115. The minimum Gasteiger partial charge on any atom is -0.394 e. The first-order valence-corrected chi connectivity index (χ1v) is 10.1. The summed E-state index contributed by atoms with van der Waals surface area (Å²) in [5, 5.41) is 15.1. The van der Waals surface area contributed by atoms with Crippen LogP contribution in [0.3, 0.4) is 0 Å². The molecule has 0 saturated carbocycles. The number of aliphatic hydroxyl groups excluding tert-OH is 1. The van der Waals surface area contributed by atoms with E-state index in [0.29, 0.717) is 17.9 Å². The van der Waals surface area contributed by atoms with Crippen molar-refractivity contribution < 1.29 is 14.7 Å². The van der Waals surface area contributed by atoms with Crippen molar-refractivity contribution in [3.05, 3.63) is 54.9 Å². The largest absolute Gasteiger partial charge is 0.394 e. The van der Waals surface area contributed by atoms with E-state index >= 15 is 0 Å². The molecule has 2 amide bonds. The predicted molar refractivity (Wildman–Crippen MR) is 122 cm³/mol. The van der Waals surface area contributed by atoms with Gasteiger partial charge in [0.15, 0.2) is 0 Å². The molecule has 0 radical (unpaired) electrons. The van der Waals surface area contributed by atoms with Gasteiger partial charge >= 0.3 is 0 Å². The average molecular weight is 415 g/mol. The smallest absolute Gasteiger partial charge is 0.271 e. The van der Waals surface area contributed by atoms with Crippen molar-refractivity contribution >= 4 is 23.3 Å². The Morgan fingerprint density at radius 3 is 2.50 bits per heavy atom. The third-order valence-electron chi connectivity index (χ3n) is 4.35. The molecule has 2 heterocycles. The number of aliphatic hydroxyl groups is 1. The lowest BCUT2D eigenvalue weighted by Crippen LogP contribution is -2.46. The summed E-state index contributed by atoms with van der Waals surface area (Å²) in [5.41, 5.74) is 0.519. The number of aromatic nitrogens is 2. The number of carbonyl (C=O) groups excluding carboxylic acids is 2. The van der Waals surface area contributed by atoms with Crippen molar-refractivity contribution in [2.45, 2.75) is 53.5 Å². The number of pyridine rings is 1. The van der Waals surface area contributed by atoms with Crippen molar-refractivity contribution in [1.29, 1.82) is 0 Å². The highest BCUT2D eigenvalue weighted by molar-refractivity contribution is 5.94. The SMILES string of the molecule is C=C/C=C\CC.CCC(=O)Nc1cccc2nc(C(=O)N[C@H](CO)C(C)(C)C)cn12. The molecule has 0 bridgehead atoms. The Morgan fingerprint density at radius 2 is 2.00 bits per heavy atom. The highest BCUT2D eigenvalue weighted by Gasteiger charge is 2.26. The highest BCUT2D eigenvalue weighted by Crippen LogP contribution is 2.20. The summed E-state index contributed by atoms with van der Waals surface area (Å²) in [7, 11) is 0. The van der Waals surface area contributed by atoms with Gasteiger partial charge < -0.3 is 15.7 Å². The maximum absolute atomic E-state index is 12.4. The maximum atomic E-state index is 12.4. The van der Waals surface area contributed by atoms with Crippen molar-refractivity contribution in [3.63, 3.8) is 0 Å². The number of nitrogens with zero attached hydrogens (tertiary/aromatic N) is 2. The van der Waals surface area contributed by atoms with Crippen LogP contribution in [0.4, 0.5) is 5.82 Å². The zero-order valence-corrected chi connectivity index (χ0v) is 18.6. The zero-order chi connectivity index (χ0) is 22.7. The van der Waals surface area contributed by atoms with E-state index in [1.165, 1.54) is 0 Å². The molecule has 0 aliphatic rings. The number of fused-ring (bicyclic) bond motifs is 1. The number of hydrogen-bond donors (Lipinski definition) is 3. The minimum atomic E-state index is -0.380. The fourth-order valence-corrected chi connectivity index (χ4v) is 2.45. The number of imidazole rings is 1. The van der Waals surface area contributed by atoms with E-state index in [4.69, 9.17) is 0 Å². The fraction of sp³-hybridized carbons (Fsp3) is 0.435. The van der Waals surface area contributed by atoms with Crippen LogP contribution in [0.1, 0.15) is 57.9 Å². The summed E-state index contributed by atoms with van der Waals surface area (Å²) in [6, 6.07) is 4.89. The van der Waals surface area contributed by atoms with Gasteiger partial charge in [-0.1, -0.05) is 65.5 Å². The van der Waals surface area contributed by atoms with Gasteiger partial charge in [0.1, 0.15) is 17.2 Å². The Kier molecular flexibility index (Phi) is 9.98. The van der Waals surface area contributed by atoms with E-state index in [1.807, 2.05) is 26.8 Å². The van der Waals surface area contributed by atoms with Gasteiger partial charge in [-0.15, -0.1) is 0 Å². The Labute approximate surface area is 178 Å². The Morgan fingerprint density at radius 1 is 1.30 bits per heavy atom. The van der Waals surface area contributed by atoms with Gasteiger partial charge in [0.2, 0.25) is 5.91 Å². The second-order valence-electron chi connectivity index (χ2n) is 7.81. The summed E-state index contributed by atoms with van der Waals surface area (Å²) >= 11 is 0. The molecule has 2 rings (SSSR count). The molecule has 1 atom stereocenters. The molecule has 0 fully saturated rings. The number of anilines is 1. The van der Waals surface area contributed by atoms with Crippen molar-refractivity contribution in [2.24, 2.45) is 5.41 Å². The van der Waals surface area contributed by atoms with E-state index < -0.39 is 0 Å². The maximum Gasteiger partial charge on any atom is 0.271 e. The predicted octanol–water partition coefficient (Wildman–Crippen LogP) is 3.96. The standard InChI is InChI=1S/C17H24N4O3.C6H10/c1-5-15(23)20-14-8-6-7-13-18-11(9-21(13)14)16(24)19-12(10-22)17(2,3)4;1-3-5-6-4-2/h6-9,12,22H,5,10H2,1-4H3,(H,19,24)(H,20,23);3,5-6H,1,4H2,2H3/b;6-5-/t12-;/m1./s1. The normalized spacial score (nSPS) is 12.2. The zero-order valence-electron chi connectivity index (χ0n) is 18.6. The van der Waals surface area contributed by atoms with Crippen LogP contribution in [0.15, 0.2) is 49.2 Å². The van der Waals surface area contributed by atoms with E-state index in [2.05, 4.69) is 35.2 Å². The molecule has 3 N–H and O–H groups in total. The Balaban J connectivity index is 0.000000656. The lowest BCUT2D eigenvalue weighted by atomic mass is 9.87. The summed E-state index contributed by atoms with van der Waals surface area (Å²) in [6.45, 7) is 13.0. The molecule has 30 heavy (non-hydrogen) atoms. The van der Waals surface area contributed by atoms with Crippen molar-refractivity contribution in [2.75, 3.05) is 11.9 Å². The topological polar surface area (TPSA) is 95.7 Å². The molecular formula is C23H34N4O3. The van der Waals surface area contributed by atoms with Crippen LogP contribution in [0, 0.1) is 5.41 Å². The van der Waals surface area contributed by atoms with E-state index in [-0.39, 0.29) is 35.6 Å². The van der Waals surface area contributed by atoms with Crippen LogP contribution in [0.25, 0.3) is 5.65 Å². The first-order chi connectivity index (χ1) is 14.2. The van der Waals surface area contributed by atoms with Gasteiger partial charge in [-0.05, 0) is 24.0 Å². The molecule has 2 aromatic heterocycles. The molecule has 2 aromatic rings. The third-order valence-corrected chi connectivity index (χ3v) is 4.35. The number of nitrogens with one attached hydrogen (secondary N) is 2. The Hall–Kier alpha value is -2.93.